The Morgan fingerprint density at radius 3 is 3.00 bits per heavy atom. The van der Waals surface area contributed by atoms with E-state index in [0.29, 0.717) is 24.4 Å². The van der Waals surface area contributed by atoms with Crippen molar-refractivity contribution in [2.75, 3.05) is 6.54 Å². The van der Waals surface area contributed by atoms with Crippen LogP contribution >= 0.6 is 11.6 Å². The first-order valence-corrected chi connectivity index (χ1v) is 7.83. The molecule has 1 aliphatic heterocycles. The van der Waals surface area contributed by atoms with Crippen LogP contribution in [0.3, 0.4) is 0 Å². The number of carbonyl (C=O) groups excluding carboxylic acids is 2. The molecule has 1 N–H and O–H groups in total. The number of carbonyl (C=O) groups is 2. The number of amides is 2. The Morgan fingerprint density at radius 1 is 1.48 bits per heavy atom. The van der Waals surface area contributed by atoms with Gasteiger partial charge in [0.15, 0.2) is 0 Å². The van der Waals surface area contributed by atoms with Gasteiger partial charge in [-0.25, -0.2) is 0 Å². The van der Waals surface area contributed by atoms with Crippen LogP contribution in [-0.4, -0.2) is 23.4 Å². The standard InChI is InChI=1S/C16H21ClN2O2/c1-2-5-15(20)18-19-9-4-7-13(11-16(19)21)12-6-3-8-14(17)10-12/h3,6,8,10,13H,2,4-5,7,9,11H2,1H3,(H,18,20). The maximum atomic E-state index is 12.3. The zero-order valence-corrected chi connectivity index (χ0v) is 13.0. The lowest BCUT2D eigenvalue weighted by Crippen LogP contribution is -2.45. The fourth-order valence-corrected chi connectivity index (χ4v) is 2.84. The highest BCUT2D eigenvalue weighted by Gasteiger charge is 2.25. The maximum absolute atomic E-state index is 12.3. The van der Waals surface area contributed by atoms with Gasteiger partial charge in [0.05, 0.1) is 0 Å². The largest absolute Gasteiger partial charge is 0.273 e. The highest BCUT2D eigenvalue weighted by atomic mass is 35.5. The van der Waals surface area contributed by atoms with Gasteiger partial charge in [0.1, 0.15) is 0 Å². The van der Waals surface area contributed by atoms with Crippen LogP contribution in [0.25, 0.3) is 0 Å². The Balaban J connectivity index is 2.02. The Hall–Kier alpha value is -1.55. The van der Waals surface area contributed by atoms with Crippen molar-refractivity contribution in [2.45, 2.75) is 44.9 Å². The number of rotatable bonds is 4. The molecular formula is C16H21ClN2O2. The van der Waals surface area contributed by atoms with Crippen molar-refractivity contribution in [3.63, 3.8) is 0 Å². The van der Waals surface area contributed by atoms with Crippen molar-refractivity contribution in [3.8, 4) is 0 Å². The SMILES string of the molecule is CCCC(=O)NN1CCCC(c2cccc(Cl)c2)CC1=O. The summed E-state index contributed by atoms with van der Waals surface area (Å²) in [5.74, 6) is 0.0539. The molecule has 1 unspecified atom stereocenters. The lowest BCUT2D eigenvalue weighted by Gasteiger charge is -2.21. The van der Waals surface area contributed by atoms with Crippen LogP contribution in [0.2, 0.25) is 5.02 Å². The van der Waals surface area contributed by atoms with Gasteiger partial charge in [-0.2, -0.15) is 0 Å². The number of nitrogens with zero attached hydrogens (tertiary/aromatic N) is 1. The summed E-state index contributed by atoms with van der Waals surface area (Å²) >= 11 is 6.02. The van der Waals surface area contributed by atoms with Crippen LogP contribution in [0.15, 0.2) is 24.3 Å². The molecule has 1 aliphatic rings. The normalized spacial score (nSPS) is 19.2. The van der Waals surface area contributed by atoms with Crippen molar-refractivity contribution in [1.82, 2.24) is 10.4 Å². The second-order valence-electron chi connectivity index (χ2n) is 5.43. The number of hydrazine groups is 1. The lowest BCUT2D eigenvalue weighted by atomic mass is 9.92. The molecule has 2 amide bonds. The maximum Gasteiger partial charge on any atom is 0.241 e. The molecule has 0 saturated carbocycles. The van der Waals surface area contributed by atoms with E-state index < -0.39 is 0 Å². The second-order valence-corrected chi connectivity index (χ2v) is 5.87. The Morgan fingerprint density at radius 2 is 2.29 bits per heavy atom. The number of hydrogen-bond acceptors (Lipinski definition) is 2. The van der Waals surface area contributed by atoms with Crippen LogP contribution in [0.1, 0.15) is 50.5 Å². The lowest BCUT2D eigenvalue weighted by molar-refractivity contribution is -0.141. The minimum absolute atomic E-state index is 0.0260. The van der Waals surface area contributed by atoms with Crippen molar-refractivity contribution >= 4 is 23.4 Å². The van der Waals surface area contributed by atoms with Crippen molar-refractivity contribution < 1.29 is 9.59 Å². The van der Waals surface area contributed by atoms with Crippen LogP contribution in [0.4, 0.5) is 0 Å². The minimum atomic E-state index is -0.0907. The molecule has 1 atom stereocenters. The molecule has 114 valence electrons. The molecule has 0 aliphatic carbocycles. The molecule has 21 heavy (non-hydrogen) atoms. The molecule has 1 aromatic rings. The van der Waals surface area contributed by atoms with E-state index in [1.54, 1.807) is 0 Å². The topological polar surface area (TPSA) is 49.4 Å². The highest BCUT2D eigenvalue weighted by Crippen LogP contribution is 2.29. The van der Waals surface area contributed by atoms with Crippen molar-refractivity contribution in [3.05, 3.63) is 34.9 Å². The molecule has 4 nitrogen and oxygen atoms in total. The molecule has 0 spiro atoms. The fourth-order valence-electron chi connectivity index (χ4n) is 2.64. The van der Waals surface area contributed by atoms with Gasteiger partial charge in [0.2, 0.25) is 11.8 Å². The predicted molar refractivity (Wildman–Crippen MR) is 82.8 cm³/mol. The summed E-state index contributed by atoms with van der Waals surface area (Å²) in [5.41, 5.74) is 3.81. The Labute approximate surface area is 130 Å². The third-order valence-corrected chi connectivity index (χ3v) is 3.95. The first-order chi connectivity index (χ1) is 10.1. The van der Waals surface area contributed by atoms with E-state index in [1.807, 2.05) is 31.2 Å². The average Bonchev–Trinajstić information content (AvgIpc) is 2.62. The van der Waals surface area contributed by atoms with E-state index in [2.05, 4.69) is 5.43 Å². The highest BCUT2D eigenvalue weighted by molar-refractivity contribution is 6.30. The van der Waals surface area contributed by atoms with E-state index >= 15 is 0 Å². The summed E-state index contributed by atoms with van der Waals surface area (Å²) < 4.78 is 0. The third-order valence-electron chi connectivity index (χ3n) is 3.71. The quantitative estimate of drug-likeness (QED) is 0.928. The van der Waals surface area contributed by atoms with Gasteiger partial charge in [-0.1, -0.05) is 30.7 Å². The van der Waals surface area contributed by atoms with E-state index in [9.17, 15) is 9.59 Å². The summed E-state index contributed by atoms with van der Waals surface area (Å²) in [6, 6.07) is 7.68. The minimum Gasteiger partial charge on any atom is -0.273 e. The van der Waals surface area contributed by atoms with Crippen LogP contribution in [0.5, 0.6) is 0 Å². The number of benzene rings is 1. The smallest absolute Gasteiger partial charge is 0.241 e. The Bertz CT molecular complexity index is 519. The van der Waals surface area contributed by atoms with Gasteiger partial charge < -0.3 is 0 Å². The fraction of sp³-hybridized carbons (Fsp3) is 0.500. The van der Waals surface area contributed by atoms with Crippen LogP contribution in [-0.2, 0) is 9.59 Å². The van der Waals surface area contributed by atoms with Gasteiger partial charge in [-0.3, -0.25) is 20.0 Å². The zero-order chi connectivity index (χ0) is 15.2. The van der Waals surface area contributed by atoms with Gasteiger partial charge in [-0.05, 0) is 42.9 Å². The molecule has 1 saturated heterocycles. The zero-order valence-electron chi connectivity index (χ0n) is 12.3. The summed E-state index contributed by atoms with van der Waals surface area (Å²) in [4.78, 5) is 23.9. The molecule has 0 bridgehead atoms. The third kappa shape index (κ3) is 4.46. The van der Waals surface area contributed by atoms with E-state index in [1.165, 1.54) is 5.01 Å². The first-order valence-electron chi connectivity index (χ1n) is 7.45. The van der Waals surface area contributed by atoms with Gasteiger partial charge in [0, 0.05) is 24.4 Å². The summed E-state index contributed by atoms with van der Waals surface area (Å²) in [5, 5.41) is 2.17. The predicted octanol–water partition coefficient (Wildman–Crippen LogP) is 3.27. The van der Waals surface area contributed by atoms with Crippen molar-refractivity contribution in [1.29, 1.82) is 0 Å². The Kier molecular flexibility index (Phi) is 5.62. The number of halogens is 1. The molecule has 1 fully saturated rings. The first kappa shape index (κ1) is 15.8. The summed E-state index contributed by atoms with van der Waals surface area (Å²) in [6.07, 6.45) is 3.43. The molecule has 2 rings (SSSR count). The van der Waals surface area contributed by atoms with E-state index in [0.717, 1.165) is 24.8 Å². The molecule has 0 radical (unpaired) electrons. The van der Waals surface area contributed by atoms with Gasteiger partial charge in [-0.15, -0.1) is 0 Å². The molecule has 1 heterocycles. The summed E-state index contributed by atoms with van der Waals surface area (Å²) in [7, 11) is 0. The average molecular weight is 309 g/mol. The molecule has 1 aromatic carbocycles. The molecule has 5 heteroatoms. The van der Waals surface area contributed by atoms with Crippen LogP contribution < -0.4 is 5.43 Å². The molecular weight excluding hydrogens is 288 g/mol. The van der Waals surface area contributed by atoms with Gasteiger partial charge >= 0.3 is 0 Å². The second kappa shape index (κ2) is 7.46. The molecule has 0 aromatic heterocycles. The van der Waals surface area contributed by atoms with E-state index in [-0.39, 0.29) is 17.7 Å². The van der Waals surface area contributed by atoms with E-state index in [4.69, 9.17) is 11.6 Å². The monoisotopic (exact) mass is 308 g/mol. The number of nitrogens with one attached hydrogen (secondary N) is 1. The van der Waals surface area contributed by atoms with Gasteiger partial charge in [0.25, 0.3) is 0 Å². The van der Waals surface area contributed by atoms with Crippen LogP contribution in [0, 0.1) is 0 Å². The number of hydrogen-bond donors (Lipinski definition) is 1. The van der Waals surface area contributed by atoms with Crippen molar-refractivity contribution in [2.24, 2.45) is 0 Å². The summed E-state index contributed by atoms with van der Waals surface area (Å²) in [6.45, 7) is 2.52.